The van der Waals surface area contributed by atoms with Gasteiger partial charge in [0.2, 0.25) is 0 Å². The predicted molar refractivity (Wildman–Crippen MR) is 112 cm³/mol. The average molecular weight is 388 g/mol. The quantitative estimate of drug-likeness (QED) is 0.545. The van der Waals surface area contributed by atoms with E-state index in [1.165, 1.54) is 0 Å². The Balaban J connectivity index is 1.74. The first-order valence-electron chi connectivity index (χ1n) is 8.86. The van der Waals surface area contributed by atoms with Gasteiger partial charge in [0.25, 0.3) is 0 Å². The van der Waals surface area contributed by atoms with Crippen molar-refractivity contribution in [3.05, 3.63) is 83.8 Å². The molecule has 2 aromatic carbocycles. The van der Waals surface area contributed by atoms with Crippen molar-refractivity contribution in [3.8, 4) is 27.6 Å². The van der Waals surface area contributed by atoms with Gasteiger partial charge in [0.1, 0.15) is 5.75 Å². The van der Waals surface area contributed by atoms with Gasteiger partial charge in [0.05, 0.1) is 34.4 Å². The molecule has 0 saturated carbocycles. The standard InChI is InChI=1S/C22H20N4OS/c1-22(23,16-6-4-3-5-7-16)21-24-13-12-18(26-21)20-19(25-14-28-20)15-8-10-17(27-2)11-9-15/h3-14H,23H2,1-2H3/t22-/m0/s1. The average Bonchev–Trinajstić information content (AvgIpc) is 3.24. The minimum atomic E-state index is -0.789. The number of benzene rings is 2. The molecule has 2 N–H and O–H groups in total. The Hall–Kier alpha value is -3.09. The molecule has 0 aliphatic rings. The maximum absolute atomic E-state index is 6.61. The van der Waals surface area contributed by atoms with Crippen molar-refractivity contribution in [2.45, 2.75) is 12.5 Å². The van der Waals surface area contributed by atoms with Gasteiger partial charge in [-0.2, -0.15) is 0 Å². The first-order chi connectivity index (χ1) is 13.6. The Bertz CT molecular complexity index is 1080. The molecular formula is C22H20N4OS. The van der Waals surface area contributed by atoms with Crippen molar-refractivity contribution in [2.75, 3.05) is 7.11 Å². The normalized spacial score (nSPS) is 13.1. The monoisotopic (exact) mass is 388 g/mol. The van der Waals surface area contributed by atoms with Gasteiger partial charge in [-0.1, -0.05) is 30.3 Å². The highest BCUT2D eigenvalue weighted by Crippen LogP contribution is 2.35. The van der Waals surface area contributed by atoms with Crippen LogP contribution in [0.25, 0.3) is 21.8 Å². The summed E-state index contributed by atoms with van der Waals surface area (Å²) >= 11 is 1.55. The molecular weight excluding hydrogens is 368 g/mol. The zero-order valence-electron chi connectivity index (χ0n) is 15.7. The van der Waals surface area contributed by atoms with Gasteiger partial charge in [0.15, 0.2) is 5.82 Å². The van der Waals surface area contributed by atoms with E-state index in [1.807, 2.05) is 73.1 Å². The number of nitrogens with zero attached hydrogens (tertiary/aromatic N) is 3. The molecule has 0 aliphatic heterocycles. The maximum atomic E-state index is 6.61. The highest BCUT2D eigenvalue weighted by atomic mass is 32.1. The number of thiazole rings is 1. The van der Waals surface area contributed by atoms with Crippen LogP contribution in [0.3, 0.4) is 0 Å². The number of ether oxygens (including phenoxy) is 1. The van der Waals surface area contributed by atoms with Crippen LogP contribution in [-0.4, -0.2) is 22.1 Å². The Kier molecular flexibility index (Phi) is 4.90. The Morgan fingerprint density at radius 3 is 2.43 bits per heavy atom. The minimum Gasteiger partial charge on any atom is -0.497 e. The van der Waals surface area contributed by atoms with Crippen LogP contribution in [0.1, 0.15) is 18.3 Å². The highest BCUT2D eigenvalue weighted by Gasteiger charge is 2.27. The minimum absolute atomic E-state index is 0.574. The summed E-state index contributed by atoms with van der Waals surface area (Å²) in [4.78, 5) is 14.8. The van der Waals surface area contributed by atoms with Gasteiger partial charge in [0, 0.05) is 11.8 Å². The van der Waals surface area contributed by atoms with Gasteiger partial charge >= 0.3 is 0 Å². The summed E-state index contributed by atoms with van der Waals surface area (Å²) < 4.78 is 5.24. The number of hydrogen-bond donors (Lipinski definition) is 1. The first-order valence-corrected chi connectivity index (χ1v) is 9.74. The molecule has 5 nitrogen and oxygen atoms in total. The fourth-order valence-electron chi connectivity index (χ4n) is 3.03. The second-order valence-electron chi connectivity index (χ2n) is 6.59. The topological polar surface area (TPSA) is 73.9 Å². The Morgan fingerprint density at radius 2 is 1.71 bits per heavy atom. The summed E-state index contributed by atoms with van der Waals surface area (Å²) in [6, 6.07) is 19.6. The van der Waals surface area contributed by atoms with Crippen molar-refractivity contribution in [1.29, 1.82) is 0 Å². The Labute approximate surface area is 167 Å². The number of hydrogen-bond acceptors (Lipinski definition) is 6. The zero-order chi connectivity index (χ0) is 19.6. The SMILES string of the molecule is COc1ccc(-c2ncsc2-c2ccnc([C@@](C)(N)c3ccccc3)n2)cc1. The lowest BCUT2D eigenvalue weighted by molar-refractivity contribution is 0.415. The molecule has 0 fully saturated rings. The predicted octanol–water partition coefficient (Wildman–Crippen LogP) is 4.50. The van der Waals surface area contributed by atoms with E-state index in [-0.39, 0.29) is 0 Å². The lowest BCUT2D eigenvalue weighted by atomic mass is 9.92. The van der Waals surface area contributed by atoms with Gasteiger partial charge in [-0.25, -0.2) is 15.0 Å². The fraction of sp³-hybridized carbons (Fsp3) is 0.136. The van der Waals surface area contributed by atoms with E-state index in [0.29, 0.717) is 5.82 Å². The fourth-order valence-corrected chi connectivity index (χ4v) is 3.81. The van der Waals surface area contributed by atoms with Crippen LogP contribution in [-0.2, 0) is 5.54 Å². The van der Waals surface area contributed by atoms with E-state index < -0.39 is 5.54 Å². The third-order valence-electron chi connectivity index (χ3n) is 4.66. The van der Waals surface area contributed by atoms with Gasteiger partial charge in [-0.3, -0.25) is 0 Å². The smallest absolute Gasteiger partial charge is 0.153 e. The summed E-state index contributed by atoms with van der Waals surface area (Å²) in [5.74, 6) is 1.39. The second-order valence-corrected chi connectivity index (χ2v) is 7.45. The number of aromatic nitrogens is 3. The van der Waals surface area contributed by atoms with Crippen molar-refractivity contribution >= 4 is 11.3 Å². The lowest BCUT2D eigenvalue weighted by Crippen LogP contribution is -2.36. The molecule has 140 valence electrons. The molecule has 0 bridgehead atoms. The molecule has 0 spiro atoms. The lowest BCUT2D eigenvalue weighted by Gasteiger charge is -2.23. The van der Waals surface area contributed by atoms with E-state index in [1.54, 1.807) is 24.6 Å². The van der Waals surface area contributed by atoms with Crippen molar-refractivity contribution in [1.82, 2.24) is 15.0 Å². The van der Waals surface area contributed by atoms with Crippen LogP contribution < -0.4 is 10.5 Å². The van der Waals surface area contributed by atoms with Crippen LogP contribution in [0.2, 0.25) is 0 Å². The van der Waals surface area contributed by atoms with Crippen molar-refractivity contribution < 1.29 is 4.74 Å². The van der Waals surface area contributed by atoms with Crippen LogP contribution >= 0.6 is 11.3 Å². The second kappa shape index (κ2) is 7.50. The Morgan fingerprint density at radius 1 is 0.964 bits per heavy atom. The summed E-state index contributed by atoms with van der Waals surface area (Å²) in [6.45, 7) is 1.93. The number of nitrogens with two attached hydrogens (primary N) is 1. The van der Waals surface area contributed by atoms with Crippen LogP contribution in [0.5, 0.6) is 5.75 Å². The third-order valence-corrected chi connectivity index (χ3v) is 5.51. The van der Waals surface area contributed by atoms with Crippen LogP contribution in [0.4, 0.5) is 0 Å². The summed E-state index contributed by atoms with van der Waals surface area (Å²) in [7, 11) is 1.66. The van der Waals surface area contributed by atoms with Gasteiger partial charge in [-0.05, 0) is 42.8 Å². The molecule has 6 heteroatoms. The van der Waals surface area contributed by atoms with Crippen LogP contribution in [0, 0.1) is 0 Å². The van der Waals surface area contributed by atoms with Crippen molar-refractivity contribution in [2.24, 2.45) is 5.73 Å². The van der Waals surface area contributed by atoms with Crippen LogP contribution in [0.15, 0.2) is 72.4 Å². The molecule has 4 aromatic rings. The molecule has 0 saturated heterocycles. The number of methoxy groups -OCH3 is 1. The highest BCUT2D eigenvalue weighted by molar-refractivity contribution is 7.13. The molecule has 1 atom stereocenters. The molecule has 28 heavy (non-hydrogen) atoms. The van der Waals surface area contributed by atoms with Gasteiger partial charge < -0.3 is 10.5 Å². The molecule has 0 amide bonds. The van der Waals surface area contributed by atoms with E-state index in [0.717, 1.165) is 33.1 Å². The summed E-state index contributed by atoms with van der Waals surface area (Å²) in [6.07, 6.45) is 1.75. The maximum Gasteiger partial charge on any atom is 0.153 e. The molecule has 4 rings (SSSR count). The zero-order valence-corrected chi connectivity index (χ0v) is 16.5. The molecule has 0 aliphatic carbocycles. The van der Waals surface area contributed by atoms with Gasteiger partial charge in [-0.15, -0.1) is 11.3 Å². The van der Waals surface area contributed by atoms with E-state index in [9.17, 15) is 0 Å². The molecule has 0 unspecified atom stereocenters. The molecule has 2 aromatic heterocycles. The first kappa shape index (κ1) is 18.3. The van der Waals surface area contributed by atoms with Crippen molar-refractivity contribution in [3.63, 3.8) is 0 Å². The third kappa shape index (κ3) is 3.40. The van der Waals surface area contributed by atoms with E-state index in [2.05, 4.69) is 9.97 Å². The molecule has 2 heterocycles. The number of rotatable bonds is 5. The summed E-state index contributed by atoms with van der Waals surface area (Å²) in [5, 5.41) is 0. The van der Waals surface area contributed by atoms with E-state index >= 15 is 0 Å². The largest absolute Gasteiger partial charge is 0.497 e. The summed E-state index contributed by atoms with van der Waals surface area (Å²) in [5.41, 5.74) is 11.3. The van der Waals surface area contributed by atoms with E-state index in [4.69, 9.17) is 15.5 Å². The molecule has 0 radical (unpaired) electrons.